The lowest BCUT2D eigenvalue weighted by Crippen LogP contribution is -2.20. The Balaban J connectivity index is 1.89. The molecule has 2 aromatic carbocycles. The Hall–Kier alpha value is -2.79. The van der Waals surface area contributed by atoms with Gasteiger partial charge in [0, 0.05) is 17.6 Å². The summed E-state index contributed by atoms with van der Waals surface area (Å²) in [6.07, 6.45) is 1.67. The van der Waals surface area contributed by atoms with E-state index in [0.717, 1.165) is 5.39 Å². The van der Waals surface area contributed by atoms with Crippen LogP contribution >= 0.6 is 11.6 Å². The highest BCUT2D eigenvalue weighted by Crippen LogP contribution is 2.28. The summed E-state index contributed by atoms with van der Waals surface area (Å²) in [7, 11) is 1.57. The maximum absolute atomic E-state index is 12.2. The summed E-state index contributed by atoms with van der Waals surface area (Å²) in [6, 6.07) is 13.9. The molecule has 1 heterocycles. The highest BCUT2D eigenvalue weighted by Gasteiger charge is 2.10. The van der Waals surface area contributed by atoms with Gasteiger partial charge >= 0.3 is 6.03 Å². The molecule has 23 heavy (non-hydrogen) atoms. The zero-order valence-corrected chi connectivity index (χ0v) is 13.1. The van der Waals surface area contributed by atoms with Gasteiger partial charge in [0.1, 0.15) is 5.75 Å². The fraction of sp³-hybridized carbons (Fsp3) is 0.0588. The molecule has 0 aliphatic heterocycles. The van der Waals surface area contributed by atoms with Gasteiger partial charge in [0.25, 0.3) is 0 Å². The first kappa shape index (κ1) is 15.1. The Bertz CT molecular complexity index is 867. The van der Waals surface area contributed by atoms with Crippen LogP contribution in [0, 0.1) is 0 Å². The molecule has 0 radical (unpaired) electrons. The van der Waals surface area contributed by atoms with E-state index in [2.05, 4.69) is 15.6 Å². The molecule has 0 atom stereocenters. The van der Waals surface area contributed by atoms with Gasteiger partial charge in [-0.05, 0) is 24.3 Å². The first-order valence-corrected chi connectivity index (χ1v) is 7.30. The second kappa shape index (κ2) is 6.54. The van der Waals surface area contributed by atoms with E-state index in [1.165, 1.54) is 0 Å². The largest absolute Gasteiger partial charge is 0.497 e. The molecule has 6 heteroatoms. The third-order valence-corrected chi connectivity index (χ3v) is 3.61. The molecule has 0 saturated heterocycles. The normalized spacial score (nSPS) is 10.3. The van der Waals surface area contributed by atoms with E-state index in [4.69, 9.17) is 16.3 Å². The minimum atomic E-state index is -0.404. The topological polar surface area (TPSA) is 63.2 Å². The van der Waals surface area contributed by atoms with E-state index < -0.39 is 6.03 Å². The summed E-state index contributed by atoms with van der Waals surface area (Å²) in [5.74, 6) is 0.638. The molecule has 2 N–H and O–H groups in total. The molecular weight excluding hydrogens is 314 g/mol. The van der Waals surface area contributed by atoms with Crippen molar-refractivity contribution in [1.82, 2.24) is 4.98 Å². The van der Waals surface area contributed by atoms with E-state index in [-0.39, 0.29) is 0 Å². The van der Waals surface area contributed by atoms with E-state index in [1.807, 2.05) is 18.2 Å². The summed E-state index contributed by atoms with van der Waals surface area (Å²) in [5.41, 5.74) is 1.78. The predicted octanol–water partition coefficient (Wildman–Crippen LogP) is 4.54. The molecule has 1 aromatic heterocycles. The van der Waals surface area contributed by atoms with Gasteiger partial charge in [-0.2, -0.15) is 0 Å². The van der Waals surface area contributed by atoms with E-state index in [9.17, 15) is 4.79 Å². The molecule has 0 aliphatic rings. The summed E-state index contributed by atoms with van der Waals surface area (Å²) < 4.78 is 5.26. The van der Waals surface area contributed by atoms with Crippen molar-refractivity contribution in [1.29, 1.82) is 0 Å². The van der Waals surface area contributed by atoms with Crippen molar-refractivity contribution >= 4 is 39.9 Å². The van der Waals surface area contributed by atoms with Crippen LogP contribution in [0.4, 0.5) is 16.2 Å². The van der Waals surface area contributed by atoms with Crippen molar-refractivity contribution in [3.63, 3.8) is 0 Å². The highest BCUT2D eigenvalue weighted by atomic mass is 35.5. The molecule has 0 unspecified atom stereocenters. The smallest absolute Gasteiger partial charge is 0.323 e. The van der Waals surface area contributed by atoms with Crippen LogP contribution in [-0.4, -0.2) is 18.1 Å². The van der Waals surface area contributed by atoms with Gasteiger partial charge in [-0.15, -0.1) is 0 Å². The number of aromatic nitrogens is 1. The molecule has 0 aliphatic carbocycles. The zero-order valence-electron chi connectivity index (χ0n) is 12.3. The lowest BCUT2D eigenvalue weighted by Gasteiger charge is -2.12. The number of ether oxygens (including phenoxy) is 1. The van der Waals surface area contributed by atoms with Gasteiger partial charge in [0.15, 0.2) is 0 Å². The van der Waals surface area contributed by atoms with E-state index in [1.54, 1.807) is 43.6 Å². The number of fused-ring (bicyclic) bond motifs is 1. The van der Waals surface area contributed by atoms with Crippen molar-refractivity contribution in [2.75, 3.05) is 17.7 Å². The number of rotatable bonds is 3. The van der Waals surface area contributed by atoms with E-state index >= 15 is 0 Å². The number of nitrogens with one attached hydrogen (secondary N) is 2. The minimum Gasteiger partial charge on any atom is -0.497 e. The zero-order chi connectivity index (χ0) is 16.2. The Labute approximate surface area is 138 Å². The molecule has 0 fully saturated rings. The third kappa shape index (κ3) is 3.35. The Kier molecular flexibility index (Phi) is 4.30. The first-order chi connectivity index (χ1) is 11.2. The summed E-state index contributed by atoms with van der Waals surface area (Å²) in [4.78, 5) is 16.5. The first-order valence-electron chi connectivity index (χ1n) is 6.92. The predicted molar refractivity (Wildman–Crippen MR) is 92.4 cm³/mol. The number of amides is 2. The van der Waals surface area contributed by atoms with Crippen LogP contribution in [0.15, 0.2) is 54.7 Å². The number of benzene rings is 2. The molecule has 0 bridgehead atoms. The van der Waals surface area contributed by atoms with Crippen molar-refractivity contribution in [3.05, 3.63) is 59.8 Å². The van der Waals surface area contributed by atoms with Crippen LogP contribution < -0.4 is 15.4 Å². The van der Waals surface area contributed by atoms with Crippen molar-refractivity contribution in [3.8, 4) is 5.75 Å². The lowest BCUT2D eigenvalue weighted by atomic mass is 10.2. The summed E-state index contributed by atoms with van der Waals surface area (Å²) >= 11 is 6.04. The Morgan fingerprint density at radius 3 is 2.65 bits per heavy atom. The van der Waals surface area contributed by atoms with Crippen LogP contribution in [0.2, 0.25) is 5.02 Å². The molecule has 2 amide bonds. The number of carbonyl (C=O) groups is 1. The third-order valence-electron chi connectivity index (χ3n) is 3.28. The Morgan fingerprint density at radius 2 is 1.87 bits per heavy atom. The average Bonchev–Trinajstić information content (AvgIpc) is 2.56. The highest BCUT2D eigenvalue weighted by molar-refractivity contribution is 6.33. The fourth-order valence-electron chi connectivity index (χ4n) is 2.22. The average molecular weight is 328 g/mol. The van der Waals surface area contributed by atoms with Crippen LogP contribution in [0.25, 0.3) is 10.9 Å². The Morgan fingerprint density at radius 1 is 1.09 bits per heavy atom. The van der Waals surface area contributed by atoms with Crippen LogP contribution in [0.3, 0.4) is 0 Å². The fourth-order valence-corrected chi connectivity index (χ4v) is 2.40. The monoisotopic (exact) mass is 327 g/mol. The van der Waals surface area contributed by atoms with Crippen molar-refractivity contribution in [2.24, 2.45) is 0 Å². The van der Waals surface area contributed by atoms with Gasteiger partial charge in [0.05, 0.1) is 29.0 Å². The molecule has 3 rings (SSSR count). The summed E-state index contributed by atoms with van der Waals surface area (Å²) in [6.45, 7) is 0. The standard InChI is InChI=1S/C17H14ClN3O2/c1-23-12-9-11-5-4-8-19-16(11)15(10-12)21-17(22)20-14-7-3-2-6-13(14)18/h2-10H,1H3,(H2,20,21,22). The minimum absolute atomic E-state index is 0.404. The van der Waals surface area contributed by atoms with Gasteiger partial charge in [0.2, 0.25) is 0 Å². The lowest BCUT2D eigenvalue weighted by molar-refractivity contribution is 0.262. The number of urea groups is 1. The number of anilines is 2. The second-order valence-electron chi connectivity index (χ2n) is 4.81. The van der Waals surface area contributed by atoms with Crippen LogP contribution in [0.5, 0.6) is 5.75 Å². The molecule has 0 saturated carbocycles. The number of hydrogen-bond donors (Lipinski definition) is 2. The maximum atomic E-state index is 12.2. The number of nitrogens with zero attached hydrogens (tertiary/aromatic N) is 1. The number of pyridine rings is 1. The number of carbonyl (C=O) groups excluding carboxylic acids is 1. The van der Waals surface area contributed by atoms with Crippen LogP contribution in [-0.2, 0) is 0 Å². The second-order valence-corrected chi connectivity index (χ2v) is 5.22. The number of halogens is 1. The summed E-state index contributed by atoms with van der Waals surface area (Å²) in [5, 5.41) is 6.84. The molecular formula is C17H14ClN3O2. The van der Waals surface area contributed by atoms with Gasteiger partial charge < -0.3 is 15.4 Å². The van der Waals surface area contributed by atoms with E-state index in [0.29, 0.717) is 27.7 Å². The molecule has 0 spiro atoms. The van der Waals surface area contributed by atoms with Crippen molar-refractivity contribution in [2.45, 2.75) is 0 Å². The molecule has 5 nitrogen and oxygen atoms in total. The molecule has 116 valence electrons. The quantitative estimate of drug-likeness (QED) is 0.742. The number of methoxy groups -OCH3 is 1. The van der Waals surface area contributed by atoms with Gasteiger partial charge in [-0.25, -0.2) is 4.79 Å². The van der Waals surface area contributed by atoms with Gasteiger partial charge in [-0.3, -0.25) is 4.98 Å². The van der Waals surface area contributed by atoms with Crippen molar-refractivity contribution < 1.29 is 9.53 Å². The maximum Gasteiger partial charge on any atom is 0.323 e. The van der Waals surface area contributed by atoms with Gasteiger partial charge in [-0.1, -0.05) is 29.8 Å². The molecule has 3 aromatic rings. The number of hydrogen-bond acceptors (Lipinski definition) is 3. The van der Waals surface area contributed by atoms with Crippen LogP contribution in [0.1, 0.15) is 0 Å². The number of para-hydroxylation sites is 1. The SMILES string of the molecule is COc1cc(NC(=O)Nc2ccccc2Cl)c2ncccc2c1.